The van der Waals surface area contributed by atoms with Crippen molar-refractivity contribution < 1.29 is 0 Å². The maximum Gasteiger partial charge on any atom is 0.191 e. The Balaban J connectivity index is 0.00000261. The minimum Gasteiger partial charge on any atom is -0.357 e. The smallest absolute Gasteiger partial charge is 0.191 e. The number of fused-ring (bicyclic) bond motifs is 1. The van der Waals surface area contributed by atoms with Gasteiger partial charge in [0, 0.05) is 26.1 Å². The zero-order valence-corrected chi connectivity index (χ0v) is 18.9. The molecule has 0 fully saturated rings. The lowest BCUT2D eigenvalue weighted by atomic mass is 10.0. The third-order valence-electron chi connectivity index (χ3n) is 4.88. The Morgan fingerprint density at radius 1 is 1.19 bits per heavy atom. The topological polar surface area (TPSA) is 67.1 Å². The number of hydrogen-bond acceptors (Lipinski definition) is 3. The molecule has 1 aliphatic heterocycles. The van der Waals surface area contributed by atoms with E-state index in [0.717, 1.165) is 43.7 Å². The summed E-state index contributed by atoms with van der Waals surface area (Å²) < 4.78 is 2.23. The third kappa shape index (κ3) is 5.92. The summed E-state index contributed by atoms with van der Waals surface area (Å²) in [6.45, 7) is 9.68. The zero-order valence-electron chi connectivity index (χ0n) is 16.5. The van der Waals surface area contributed by atoms with E-state index in [1.165, 1.54) is 24.0 Å². The van der Waals surface area contributed by atoms with E-state index in [1.54, 1.807) is 0 Å². The number of hydrogen-bond donors (Lipinski definition) is 2. The van der Waals surface area contributed by atoms with Crippen molar-refractivity contribution in [1.82, 2.24) is 25.4 Å². The van der Waals surface area contributed by atoms with Crippen molar-refractivity contribution in [3.63, 3.8) is 0 Å². The maximum absolute atomic E-state index is 4.71. The molecule has 27 heavy (non-hydrogen) atoms. The number of aliphatic imine (C=N–C) groups is 1. The Bertz CT molecular complexity index is 737. The molecule has 1 aromatic carbocycles. The van der Waals surface area contributed by atoms with Crippen molar-refractivity contribution in [1.29, 1.82) is 0 Å². The van der Waals surface area contributed by atoms with Gasteiger partial charge in [0.2, 0.25) is 0 Å². The fraction of sp³-hybridized carbons (Fsp3) is 0.550. The van der Waals surface area contributed by atoms with E-state index < -0.39 is 0 Å². The molecule has 7 heteroatoms. The second-order valence-corrected chi connectivity index (χ2v) is 7.03. The van der Waals surface area contributed by atoms with E-state index in [4.69, 9.17) is 4.99 Å². The van der Waals surface area contributed by atoms with E-state index in [-0.39, 0.29) is 24.0 Å². The molecule has 0 aliphatic carbocycles. The second kappa shape index (κ2) is 10.6. The predicted molar refractivity (Wildman–Crippen MR) is 121 cm³/mol. The van der Waals surface area contributed by atoms with Crippen LogP contribution in [0.4, 0.5) is 0 Å². The summed E-state index contributed by atoms with van der Waals surface area (Å²) in [5, 5.41) is 15.4. The molecule has 0 bridgehead atoms. The second-order valence-electron chi connectivity index (χ2n) is 7.03. The number of aryl methyl sites for hydroxylation is 2. The van der Waals surface area contributed by atoms with Gasteiger partial charge in [-0.25, -0.2) is 4.99 Å². The molecule has 0 saturated heterocycles. The van der Waals surface area contributed by atoms with Gasteiger partial charge in [0.05, 0.1) is 0 Å². The van der Waals surface area contributed by atoms with Crippen LogP contribution in [0.25, 0.3) is 0 Å². The summed E-state index contributed by atoms with van der Waals surface area (Å²) in [6.07, 6.45) is 3.44. The number of rotatable bonds is 6. The van der Waals surface area contributed by atoms with Crippen LogP contribution in [0.2, 0.25) is 0 Å². The van der Waals surface area contributed by atoms with E-state index in [1.807, 2.05) is 0 Å². The number of guanidine groups is 1. The van der Waals surface area contributed by atoms with Gasteiger partial charge >= 0.3 is 0 Å². The van der Waals surface area contributed by atoms with Crippen LogP contribution in [0.15, 0.2) is 29.3 Å². The lowest BCUT2D eigenvalue weighted by molar-refractivity contribution is 0.508. The Kier molecular flexibility index (Phi) is 8.53. The van der Waals surface area contributed by atoms with Gasteiger partial charge < -0.3 is 15.2 Å². The molecule has 1 aromatic heterocycles. The van der Waals surface area contributed by atoms with E-state index in [2.05, 4.69) is 70.4 Å². The van der Waals surface area contributed by atoms with Gasteiger partial charge in [0.1, 0.15) is 12.4 Å². The van der Waals surface area contributed by atoms with Gasteiger partial charge in [-0.05, 0) is 38.2 Å². The molecule has 0 saturated carbocycles. The minimum absolute atomic E-state index is 0. The molecule has 2 aromatic rings. The number of nitrogens with one attached hydrogen (secondary N) is 2. The molecular formula is C20H31IN6. The van der Waals surface area contributed by atoms with Gasteiger partial charge in [-0.2, -0.15) is 0 Å². The summed E-state index contributed by atoms with van der Waals surface area (Å²) in [5.41, 5.74) is 2.63. The highest BCUT2D eigenvalue weighted by atomic mass is 127. The fourth-order valence-electron chi connectivity index (χ4n) is 3.24. The summed E-state index contributed by atoms with van der Waals surface area (Å²) in [4.78, 5) is 4.71. The van der Waals surface area contributed by atoms with Crippen molar-refractivity contribution in [2.24, 2.45) is 4.99 Å². The SMILES string of the molecule is CCNC(=NCc1nnc2n1CCCC2)NCC(C)c1ccc(C)cc1.I. The van der Waals surface area contributed by atoms with Crippen molar-refractivity contribution in [2.75, 3.05) is 13.1 Å². The van der Waals surface area contributed by atoms with Crippen LogP contribution < -0.4 is 10.6 Å². The normalized spacial score (nSPS) is 14.9. The number of aromatic nitrogens is 3. The lowest BCUT2D eigenvalue weighted by Crippen LogP contribution is -2.39. The highest BCUT2D eigenvalue weighted by Gasteiger charge is 2.15. The largest absolute Gasteiger partial charge is 0.357 e. The van der Waals surface area contributed by atoms with E-state index in [9.17, 15) is 0 Å². The van der Waals surface area contributed by atoms with Crippen molar-refractivity contribution in [3.05, 3.63) is 47.0 Å². The molecule has 6 nitrogen and oxygen atoms in total. The molecule has 0 spiro atoms. The first-order valence-electron chi connectivity index (χ1n) is 9.67. The molecule has 0 radical (unpaired) electrons. The Hall–Kier alpha value is -1.64. The van der Waals surface area contributed by atoms with Crippen LogP contribution >= 0.6 is 24.0 Å². The molecule has 1 aliphatic rings. The number of halogens is 1. The van der Waals surface area contributed by atoms with Crippen LogP contribution in [-0.2, 0) is 19.5 Å². The minimum atomic E-state index is 0. The van der Waals surface area contributed by atoms with Crippen molar-refractivity contribution in [3.8, 4) is 0 Å². The summed E-state index contributed by atoms with van der Waals surface area (Å²) in [6, 6.07) is 8.74. The van der Waals surface area contributed by atoms with E-state index in [0.29, 0.717) is 12.5 Å². The molecule has 1 atom stereocenters. The van der Waals surface area contributed by atoms with Crippen LogP contribution in [0.3, 0.4) is 0 Å². The Labute approximate surface area is 179 Å². The monoisotopic (exact) mass is 482 g/mol. The highest BCUT2D eigenvalue weighted by molar-refractivity contribution is 14.0. The lowest BCUT2D eigenvalue weighted by Gasteiger charge is -2.17. The highest BCUT2D eigenvalue weighted by Crippen LogP contribution is 2.16. The van der Waals surface area contributed by atoms with Crippen LogP contribution in [0.5, 0.6) is 0 Å². The quantitative estimate of drug-likeness (QED) is 0.377. The molecular weight excluding hydrogens is 451 g/mol. The average Bonchev–Trinajstić information content (AvgIpc) is 3.07. The van der Waals surface area contributed by atoms with Crippen molar-refractivity contribution in [2.45, 2.75) is 59.0 Å². The van der Waals surface area contributed by atoms with Gasteiger partial charge in [-0.1, -0.05) is 36.8 Å². The van der Waals surface area contributed by atoms with Crippen LogP contribution in [0.1, 0.15) is 55.4 Å². The van der Waals surface area contributed by atoms with Crippen LogP contribution in [-0.4, -0.2) is 33.8 Å². The van der Waals surface area contributed by atoms with Gasteiger partial charge in [-0.3, -0.25) is 0 Å². The first kappa shape index (κ1) is 21.7. The third-order valence-corrected chi connectivity index (χ3v) is 4.88. The first-order valence-corrected chi connectivity index (χ1v) is 9.67. The Morgan fingerprint density at radius 3 is 2.70 bits per heavy atom. The average molecular weight is 482 g/mol. The van der Waals surface area contributed by atoms with E-state index >= 15 is 0 Å². The maximum atomic E-state index is 4.71. The van der Waals surface area contributed by atoms with Gasteiger partial charge in [0.25, 0.3) is 0 Å². The predicted octanol–water partition coefficient (Wildman–Crippen LogP) is 3.40. The van der Waals surface area contributed by atoms with Gasteiger partial charge in [0.15, 0.2) is 11.8 Å². The molecule has 2 N–H and O–H groups in total. The molecule has 1 unspecified atom stereocenters. The summed E-state index contributed by atoms with van der Waals surface area (Å²) >= 11 is 0. The number of nitrogens with zero attached hydrogens (tertiary/aromatic N) is 4. The van der Waals surface area contributed by atoms with Crippen molar-refractivity contribution >= 4 is 29.9 Å². The molecule has 0 amide bonds. The van der Waals surface area contributed by atoms with Crippen LogP contribution in [0, 0.1) is 6.92 Å². The zero-order chi connectivity index (χ0) is 18.4. The molecule has 3 rings (SSSR count). The van der Waals surface area contributed by atoms with Gasteiger partial charge in [-0.15, -0.1) is 34.2 Å². The Morgan fingerprint density at radius 2 is 1.96 bits per heavy atom. The number of benzene rings is 1. The fourth-order valence-corrected chi connectivity index (χ4v) is 3.24. The summed E-state index contributed by atoms with van der Waals surface area (Å²) in [7, 11) is 0. The standard InChI is InChI=1S/C20H30N6.HI/c1-4-21-20(22-13-16(3)17-10-8-15(2)9-11-17)23-14-19-25-24-18-7-5-6-12-26(18)19;/h8-11,16H,4-7,12-14H2,1-3H3,(H2,21,22,23);1H. The summed E-state index contributed by atoms with van der Waals surface area (Å²) in [5.74, 6) is 3.32. The first-order chi connectivity index (χ1) is 12.7. The molecule has 2 heterocycles. The molecule has 148 valence electrons.